The lowest BCUT2D eigenvalue weighted by molar-refractivity contribution is -0.137. The normalized spacial score (nSPS) is 11.8. The van der Waals surface area contributed by atoms with Crippen molar-refractivity contribution in [1.82, 2.24) is 14.5 Å². The zero-order valence-electron chi connectivity index (χ0n) is 8.77. The van der Waals surface area contributed by atoms with Crippen molar-refractivity contribution in [1.29, 1.82) is 0 Å². The summed E-state index contributed by atoms with van der Waals surface area (Å²) in [6, 6.07) is 2.35. The molecule has 2 aromatic rings. The van der Waals surface area contributed by atoms with Crippen LogP contribution in [-0.4, -0.2) is 14.5 Å². The summed E-state index contributed by atoms with van der Waals surface area (Å²) in [5.41, 5.74) is -0.748. The molecule has 17 heavy (non-hydrogen) atoms. The van der Waals surface area contributed by atoms with E-state index in [2.05, 4.69) is 9.97 Å². The Morgan fingerprint density at radius 3 is 2.47 bits per heavy atom. The molecule has 2 heterocycles. The van der Waals surface area contributed by atoms with Gasteiger partial charge in [-0.2, -0.15) is 13.2 Å². The number of imidazole rings is 1. The highest BCUT2D eigenvalue weighted by molar-refractivity contribution is 7.99. The fourth-order valence-electron chi connectivity index (χ4n) is 1.15. The van der Waals surface area contributed by atoms with Crippen LogP contribution < -0.4 is 0 Å². The van der Waals surface area contributed by atoms with Crippen LogP contribution in [0.3, 0.4) is 0 Å². The van der Waals surface area contributed by atoms with Crippen LogP contribution in [0.2, 0.25) is 0 Å². The second-order valence-electron chi connectivity index (χ2n) is 3.31. The zero-order chi connectivity index (χ0) is 12.5. The number of hydrogen-bond acceptors (Lipinski definition) is 3. The van der Waals surface area contributed by atoms with Gasteiger partial charge < -0.3 is 4.57 Å². The first kappa shape index (κ1) is 12.0. The van der Waals surface area contributed by atoms with Gasteiger partial charge >= 0.3 is 6.18 Å². The number of rotatable bonds is 2. The first-order valence-corrected chi connectivity index (χ1v) is 5.47. The van der Waals surface area contributed by atoms with E-state index in [1.165, 1.54) is 17.8 Å². The van der Waals surface area contributed by atoms with Gasteiger partial charge in [-0.15, -0.1) is 0 Å². The van der Waals surface area contributed by atoms with Crippen LogP contribution in [0.1, 0.15) is 5.56 Å². The van der Waals surface area contributed by atoms with Crippen molar-refractivity contribution in [2.75, 3.05) is 0 Å². The molecular weight excluding hydrogens is 251 g/mol. The van der Waals surface area contributed by atoms with Gasteiger partial charge in [0.25, 0.3) is 0 Å². The standard InChI is InChI=1S/C10H8F3N3S/c1-16-5-4-14-9(16)17-8-3-2-7(6-15-8)10(11,12)13/h2-6H,1H3. The van der Waals surface area contributed by atoms with Gasteiger partial charge in [0, 0.05) is 25.6 Å². The number of alkyl halides is 3. The van der Waals surface area contributed by atoms with E-state index in [4.69, 9.17) is 0 Å². The Morgan fingerprint density at radius 1 is 1.24 bits per heavy atom. The molecule has 0 unspecified atom stereocenters. The minimum atomic E-state index is -4.35. The smallest absolute Gasteiger partial charge is 0.329 e. The van der Waals surface area contributed by atoms with E-state index in [0.717, 1.165) is 12.3 Å². The SMILES string of the molecule is Cn1ccnc1Sc1ccc(C(F)(F)F)cn1. The van der Waals surface area contributed by atoms with Crippen LogP contribution >= 0.6 is 11.8 Å². The molecule has 0 aliphatic heterocycles. The van der Waals surface area contributed by atoms with Gasteiger partial charge in [0.1, 0.15) is 5.03 Å². The van der Waals surface area contributed by atoms with Crippen molar-refractivity contribution in [3.8, 4) is 0 Å². The molecule has 7 heteroatoms. The summed E-state index contributed by atoms with van der Waals surface area (Å²) >= 11 is 1.21. The summed E-state index contributed by atoms with van der Waals surface area (Å²) in [5.74, 6) is 0. The molecule has 0 atom stereocenters. The van der Waals surface area contributed by atoms with Crippen LogP contribution in [0, 0.1) is 0 Å². The number of aromatic nitrogens is 3. The Bertz CT molecular complexity index is 504. The van der Waals surface area contributed by atoms with Crippen molar-refractivity contribution < 1.29 is 13.2 Å². The number of pyridine rings is 1. The molecule has 0 fully saturated rings. The lowest BCUT2D eigenvalue weighted by atomic mass is 10.3. The Labute approximate surface area is 99.7 Å². The maximum absolute atomic E-state index is 12.3. The van der Waals surface area contributed by atoms with Crippen LogP contribution in [0.4, 0.5) is 13.2 Å². The summed E-state index contributed by atoms with van der Waals surface area (Å²) in [7, 11) is 1.80. The quantitative estimate of drug-likeness (QED) is 0.830. The number of aryl methyl sites for hydroxylation is 1. The summed E-state index contributed by atoms with van der Waals surface area (Å²) in [4.78, 5) is 7.80. The minimum absolute atomic E-state index is 0.479. The fraction of sp³-hybridized carbons (Fsp3) is 0.200. The molecule has 0 N–H and O–H groups in total. The average Bonchev–Trinajstić information content (AvgIpc) is 2.64. The van der Waals surface area contributed by atoms with Gasteiger partial charge in [-0.1, -0.05) is 0 Å². The molecule has 0 bridgehead atoms. The molecule has 0 aliphatic rings. The number of hydrogen-bond donors (Lipinski definition) is 0. The van der Waals surface area contributed by atoms with Crippen LogP contribution in [0.5, 0.6) is 0 Å². The summed E-state index contributed by atoms with van der Waals surface area (Å²) in [6.45, 7) is 0. The third-order valence-electron chi connectivity index (χ3n) is 2.04. The van der Waals surface area contributed by atoms with Crippen molar-refractivity contribution in [2.24, 2.45) is 7.05 Å². The Balaban J connectivity index is 2.17. The van der Waals surface area contributed by atoms with E-state index in [9.17, 15) is 13.2 Å². The lowest BCUT2D eigenvalue weighted by Gasteiger charge is -2.06. The molecule has 0 radical (unpaired) electrons. The lowest BCUT2D eigenvalue weighted by Crippen LogP contribution is -2.05. The highest BCUT2D eigenvalue weighted by Crippen LogP contribution is 2.30. The third kappa shape index (κ3) is 2.79. The van der Waals surface area contributed by atoms with E-state index in [0.29, 0.717) is 10.2 Å². The average molecular weight is 259 g/mol. The number of halogens is 3. The molecular formula is C10H8F3N3S. The largest absolute Gasteiger partial charge is 0.417 e. The van der Waals surface area contributed by atoms with E-state index < -0.39 is 11.7 Å². The van der Waals surface area contributed by atoms with Crippen LogP contribution in [-0.2, 0) is 13.2 Å². The highest BCUT2D eigenvalue weighted by Gasteiger charge is 2.30. The topological polar surface area (TPSA) is 30.7 Å². The van der Waals surface area contributed by atoms with Crippen LogP contribution in [0.25, 0.3) is 0 Å². The zero-order valence-corrected chi connectivity index (χ0v) is 9.59. The van der Waals surface area contributed by atoms with E-state index >= 15 is 0 Å². The van der Waals surface area contributed by atoms with Gasteiger partial charge in [0.15, 0.2) is 5.16 Å². The molecule has 90 valence electrons. The predicted molar refractivity (Wildman–Crippen MR) is 56.6 cm³/mol. The molecule has 2 rings (SSSR count). The van der Waals surface area contributed by atoms with E-state index in [1.54, 1.807) is 24.0 Å². The summed E-state index contributed by atoms with van der Waals surface area (Å²) in [5, 5.41) is 1.16. The van der Waals surface area contributed by atoms with Gasteiger partial charge in [-0.25, -0.2) is 9.97 Å². The summed E-state index contributed by atoms with van der Waals surface area (Å²) in [6.07, 6.45) is -0.149. The molecule has 0 aromatic carbocycles. The van der Waals surface area contributed by atoms with Crippen LogP contribution in [0.15, 0.2) is 40.9 Å². The second-order valence-corrected chi connectivity index (χ2v) is 4.29. The first-order valence-electron chi connectivity index (χ1n) is 4.65. The molecule has 0 aliphatic carbocycles. The van der Waals surface area contributed by atoms with Crippen molar-refractivity contribution in [3.05, 3.63) is 36.3 Å². The molecule has 0 spiro atoms. The fourth-order valence-corrected chi connectivity index (χ4v) is 1.90. The van der Waals surface area contributed by atoms with Crippen molar-refractivity contribution in [2.45, 2.75) is 16.4 Å². The highest BCUT2D eigenvalue weighted by atomic mass is 32.2. The monoisotopic (exact) mass is 259 g/mol. The molecule has 2 aromatic heterocycles. The molecule has 0 saturated carbocycles. The molecule has 0 saturated heterocycles. The molecule has 0 amide bonds. The number of nitrogens with zero attached hydrogens (tertiary/aromatic N) is 3. The van der Waals surface area contributed by atoms with Gasteiger partial charge in [-0.05, 0) is 23.9 Å². The predicted octanol–water partition coefficient (Wildman–Crippen LogP) is 2.99. The van der Waals surface area contributed by atoms with Crippen molar-refractivity contribution in [3.63, 3.8) is 0 Å². The van der Waals surface area contributed by atoms with Gasteiger partial charge in [0.2, 0.25) is 0 Å². The van der Waals surface area contributed by atoms with Gasteiger partial charge in [0.05, 0.1) is 5.56 Å². The Hall–Kier alpha value is -1.50. The van der Waals surface area contributed by atoms with Crippen molar-refractivity contribution >= 4 is 11.8 Å². The van der Waals surface area contributed by atoms with Gasteiger partial charge in [-0.3, -0.25) is 0 Å². The Morgan fingerprint density at radius 2 is 2.00 bits per heavy atom. The van der Waals surface area contributed by atoms with E-state index in [1.807, 2.05) is 0 Å². The Kier molecular flexibility index (Phi) is 3.10. The third-order valence-corrected chi connectivity index (χ3v) is 3.06. The van der Waals surface area contributed by atoms with E-state index in [-0.39, 0.29) is 0 Å². The first-order chi connectivity index (χ1) is 7.97. The maximum atomic E-state index is 12.3. The summed E-state index contributed by atoms with van der Waals surface area (Å²) < 4.78 is 38.7. The molecule has 3 nitrogen and oxygen atoms in total. The maximum Gasteiger partial charge on any atom is 0.417 e. The minimum Gasteiger partial charge on any atom is -0.329 e. The second kappa shape index (κ2) is 4.40.